The van der Waals surface area contributed by atoms with Crippen molar-refractivity contribution in [2.24, 2.45) is 4.99 Å². The third kappa shape index (κ3) is 4.17. The van der Waals surface area contributed by atoms with E-state index >= 15 is 0 Å². The number of nitro benzene ring substituents is 1. The monoisotopic (exact) mass is 332 g/mol. The molecule has 1 heterocycles. The molecule has 1 aliphatic heterocycles. The number of aliphatic hydroxyl groups is 1. The van der Waals surface area contributed by atoms with Crippen LogP contribution in [0.4, 0.5) is 5.69 Å². The van der Waals surface area contributed by atoms with Crippen molar-refractivity contribution in [1.29, 1.82) is 0 Å². The second-order valence-corrected chi connectivity index (χ2v) is 5.75. The fourth-order valence-corrected chi connectivity index (χ4v) is 2.40. The molecule has 1 amide bonds. The maximum atomic E-state index is 12.2. The first-order valence-corrected chi connectivity index (χ1v) is 7.51. The highest BCUT2D eigenvalue weighted by atomic mass is 16.6. The summed E-state index contributed by atoms with van der Waals surface area (Å²) in [6.45, 7) is 1.23. The number of rotatable bonds is 6. The summed E-state index contributed by atoms with van der Waals surface area (Å²) in [7, 11) is 3.83. The predicted molar refractivity (Wildman–Crippen MR) is 90.2 cm³/mol. The van der Waals surface area contributed by atoms with Crippen molar-refractivity contribution in [2.45, 2.75) is 12.5 Å². The largest absolute Gasteiger partial charge is 0.511 e. The molecule has 0 spiro atoms. The van der Waals surface area contributed by atoms with Crippen LogP contribution in [-0.4, -0.2) is 54.2 Å². The molecule has 0 saturated heterocycles. The zero-order chi connectivity index (χ0) is 17.7. The van der Waals surface area contributed by atoms with E-state index in [2.05, 4.69) is 10.3 Å². The van der Waals surface area contributed by atoms with Gasteiger partial charge in [-0.1, -0.05) is 18.2 Å². The molecule has 0 aromatic heterocycles. The summed E-state index contributed by atoms with van der Waals surface area (Å²) in [4.78, 5) is 28.9. The van der Waals surface area contributed by atoms with Crippen LogP contribution in [0.2, 0.25) is 0 Å². The van der Waals surface area contributed by atoms with Crippen LogP contribution in [0.15, 0.2) is 40.6 Å². The minimum absolute atomic E-state index is 0.0845. The molecule has 2 rings (SSSR count). The Labute approximate surface area is 139 Å². The Balaban J connectivity index is 2.18. The van der Waals surface area contributed by atoms with Crippen molar-refractivity contribution in [3.8, 4) is 0 Å². The number of nitrogens with zero attached hydrogens (tertiary/aromatic N) is 3. The first-order valence-electron chi connectivity index (χ1n) is 7.51. The molecular formula is C16H20N4O4. The van der Waals surface area contributed by atoms with Gasteiger partial charge in [0.25, 0.3) is 11.6 Å². The third-order valence-corrected chi connectivity index (χ3v) is 3.66. The van der Waals surface area contributed by atoms with E-state index < -0.39 is 16.9 Å². The number of amides is 1. The van der Waals surface area contributed by atoms with Crippen molar-refractivity contribution in [3.63, 3.8) is 0 Å². The SMILES string of the molecule is CN(C)CCN=CC1=C(O)CC(c2ccccc2[N+](=O)[O-])NC1=O. The smallest absolute Gasteiger partial charge is 0.274 e. The maximum absolute atomic E-state index is 12.2. The number of likely N-dealkylation sites (N-methyl/N-ethyl adjacent to an activating group) is 1. The molecule has 1 unspecified atom stereocenters. The van der Waals surface area contributed by atoms with Crippen LogP contribution in [-0.2, 0) is 4.79 Å². The van der Waals surface area contributed by atoms with Crippen LogP contribution in [0.1, 0.15) is 18.0 Å². The number of nitrogens with one attached hydrogen (secondary N) is 1. The van der Waals surface area contributed by atoms with Crippen LogP contribution in [0.5, 0.6) is 0 Å². The summed E-state index contributed by atoms with van der Waals surface area (Å²) in [6.07, 6.45) is 1.44. The van der Waals surface area contributed by atoms with Crippen LogP contribution in [0.3, 0.4) is 0 Å². The topological polar surface area (TPSA) is 108 Å². The van der Waals surface area contributed by atoms with Gasteiger partial charge in [-0.15, -0.1) is 0 Å². The zero-order valence-electron chi connectivity index (χ0n) is 13.6. The highest BCUT2D eigenvalue weighted by molar-refractivity contribution is 6.13. The van der Waals surface area contributed by atoms with Crippen molar-refractivity contribution in [1.82, 2.24) is 10.2 Å². The Kier molecular flexibility index (Phi) is 5.64. The highest BCUT2D eigenvalue weighted by Crippen LogP contribution is 2.31. The van der Waals surface area contributed by atoms with Gasteiger partial charge in [-0.2, -0.15) is 0 Å². The lowest BCUT2D eigenvalue weighted by Crippen LogP contribution is -2.35. The van der Waals surface area contributed by atoms with Crippen LogP contribution in [0, 0.1) is 10.1 Å². The molecule has 128 valence electrons. The quantitative estimate of drug-likeness (QED) is 0.467. The summed E-state index contributed by atoms with van der Waals surface area (Å²) in [5.74, 6) is -0.606. The first-order chi connectivity index (χ1) is 11.4. The number of hydrogen-bond donors (Lipinski definition) is 2. The number of aliphatic imine (C=N–C) groups is 1. The van der Waals surface area contributed by atoms with Gasteiger partial charge in [0.2, 0.25) is 0 Å². The van der Waals surface area contributed by atoms with Gasteiger partial charge in [-0.05, 0) is 14.1 Å². The molecule has 8 heteroatoms. The Morgan fingerprint density at radius 2 is 2.17 bits per heavy atom. The van der Waals surface area contributed by atoms with Gasteiger partial charge in [0.05, 0.1) is 28.6 Å². The average Bonchev–Trinajstić information content (AvgIpc) is 2.53. The summed E-state index contributed by atoms with van der Waals surface area (Å²) in [5.41, 5.74) is 0.383. The van der Waals surface area contributed by atoms with E-state index in [0.717, 1.165) is 6.54 Å². The Hall–Kier alpha value is -2.74. The van der Waals surface area contributed by atoms with Gasteiger partial charge >= 0.3 is 0 Å². The van der Waals surface area contributed by atoms with Crippen molar-refractivity contribution < 1.29 is 14.8 Å². The molecular weight excluding hydrogens is 312 g/mol. The molecule has 8 nitrogen and oxygen atoms in total. The van der Waals surface area contributed by atoms with Crippen molar-refractivity contribution >= 4 is 17.8 Å². The molecule has 0 radical (unpaired) electrons. The number of nitro groups is 1. The predicted octanol–water partition coefficient (Wildman–Crippen LogP) is 1.60. The molecule has 24 heavy (non-hydrogen) atoms. The maximum Gasteiger partial charge on any atom is 0.274 e. The summed E-state index contributed by atoms with van der Waals surface area (Å²) >= 11 is 0. The Morgan fingerprint density at radius 1 is 1.46 bits per heavy atom. The van der Waals surface area contributed by atoms with Gasteiger partial charge in [0, 0.05) is 25.2 Å². The van der Waals surface area contributed by atoms with E-state index in [9.17, 15) is 20.0 Å². The van der Waals surface area contributed by atoms with E-state index in [0.29, 0.717) is 12.1 Å². The lowest BCUT2D eigenvalue weighted by Gasteiger charge is -2.24. The second-order valence-electron chi connectivity index (χ2n) is 5.75. The molecule has 2 N–H and O–H groups in total. The number of hydrogen-bond acceptors (Lipinski definition) is 6. The average molecular weight is 332 g/mol. The van der Waals surface area contributed by atoms with E-state index in [-0.39, 0.29) is 23.4 Å². The summed E-state index contributed by atoms with van der Waals surface area (Å²) in [6, 6.07) is 5.53. The van der Waals surface area contributed by atoms with E-state index in [1.165, 1.54) is 12.3 Å². The molecule has 0 saturated carbocycles. The third-order valence-electron chi connectivity index (χ3n) is 3.66. The molecule has 1 aliphatic rings. The Bertz CT molecular complexity index is 697. The van der Waals surface area contributed by atoms with Crippen LogP contribution in [0.25, 0.3) is 0 Å². The normalized spacial score (nSPS) is 18.3. The molecule has 1 aromatic rings. The summed E-state index contributed by atoms with van der Waals surface area (Å²) < 4.78 is 0. The van der Waals surface area contributed by atoms with Crippen molar-refractivity contribution in [3.05, 3.63) is 51.3 Å². The van der Waals surface area contributed by atoms with Crippen LogP contribution >= 0.6 is 0 Å². The van der Waals surface area contributed by atoms with E-state index in [4.69, 9.17) is 0 Å². The highest BCUT2D eigenvalue weighted by Gasteiger charge is 2.30. The molecule has 1 aromatic carbocycles. The zero-order valence-corrected chi connectivity index (χ0v) is 13.6. The molecule has 0 aliphatic carbocycles. The fourth-order valence-electron chi connectivity index (χ4n) is 2.40. The first kappa shape index (κ1) is 17.6. The van der Waals surface area contributed by atoms with Gasteiger partial charge in [-0.25, -0.2) is 0 Å². The van der Waals surface area contributed by atoms with Crippen molar-refractivity contribution in [2.75, 3.05) is 27.2 Å². The number of para-hydroxylation sites is 1. The second kappa shape index (κ2) is 7.69. The van der Waals surface area contributed by atoms with Gasteiger partial charge < -0.3 is 15.3 Å². The van der Waals surface area contributed by atoms with Gasteiger partial charge in [0.1, 0.15) is 5.76 Å². The number of aliphatic hydroxyl groups excluding tert-OH is 1. The lowest BCUT2D eigenvalue weighted by atomic mass is 9.95. The van der Waals surface area contributed by atoms with E-state index in [1.807, 2.05) is 19.0 Å². The Morgan fingerprint density at radius 3 is 2.79 bits per heavy atom. The fraction of sp³-hybridized carbons (Fsp3) is 0.375. The minimum atomic E-state index is -0.641. The molecule has 1 atom stereocenters. The van der Waals surface area contributed by atoms with Gasteiger partial charge in [0.15, 0.2) is 0 Å². The molecule has 0 fully saturated rings. The standard InChI is InChI=1S/C16H20N4O4/c1-19(2)8-7-17-10-12-15(21)9-13(18-16(12)22)11-5-3-4-6-14(11)20(23)24/h3-6,10,13,21H,7-9H2,1-2H3,(H,18,22). The lowest BCUT2D eigenvalue weighted by molar-refractivity contribution is -0.385. The van der Waals surface area contributed by atoms with Gasteiger partial charge in [-0.3, -0.25) is 19.9 Å². The number of carbonyl (C=O) groups excluding carboxylic acids is 1. The number of carbonyl (C=O) groups is 1. The molecule has 0 bridgehead atoms. The minimum Gasteiger partial charge on any atom is -0.511 e. The van der Waals surface area contributed by atoms with E-state index in [1.54, 1.807) is 18.2 Å². The van der Waals surface area contributed by atoms with Crippen LogP contribution < -0.4 is 5.32 Å². The summed E-state index contributed by atoms with van der Waals surface area (Å²) in [5, 5.41) is 24.0. The number of benzene rings is 1.